The van der Waals surface area contributed by atoms with Crippen LogP contribution in [-0.2, 0) is 20.1 Å². The van der Waals surface area contributed by atoms with Gasteiger partial charge in [-0.1, -0.05) is 48.5 Å². The first-order chi connectivity index (χ1) is 16.8. The molecular weight excluding hydrogens is 609 g/mol. The Kier molecular flexibility index (Phi) is 9.17. The summed E-state index contributed by atoms with van der Waals surface area (Å²) in [5.74, 6) is 0. The van der Waals surface area contributed by atoms with Crippen LogP contribution in [0.5, 0.6) is 0 Å². The van der Waals surface area contributed by atoms with Gasteiger partial charge in [0, 0.05) is 38.6 Å². The Morgan fingerprint density at radius 1 is 0.743 bits per heavy atom. The summed E-state index contributed by atoms with van der Waals surface area (Å²) >= 11 is 0. The van der Waals surface area contributed by atoms with Gasteiger partial charge >= 0.3 is 0 Å². The van der Waals surface area contributed by atoms with Gasteiger partial charge in [-0.3, -0.25) is 4.85 Å². The Morgan fingerprint density at radius 3 is 2.20 bits per heavy atom. The molecule has 0 saturated carbocycles. The van der Waals surface area contributed by atoms with E-state index in [1.807, 2.05) is 91.0 Å². The van der Waals surface area contributed by atoms with Crippen molar-refractivity contribution >= 4 is 5.69 Å². The summed E-state index contributed by atoms with van der Waals surface area (Å²) in [5, 5.41) is 8.97. The first-order valence-electron chi connectivity index (χ1n) is 10.5. The van der Waals surface area contributed by atoms with Crippen molar-refractivity contribution < 1.29 is 20.1 Å². The smallest absolute Gasteiger partial charge is 0.125 e. The second kappa shape index (κ2) is 12.7. The fraction of sp³-hybridized carbons (Fsp3) is 0. The van der Waals surface area contributed by atoms with E-state index in [-0.39, 0.29) is 20.1 Å². The molecule has 3 aromatic carbocycles. The van der Waals surface area contributed by atoms with Crippen LogP contribution in [0.4, 0.5) is 5.69 Å². The van der Waals surface area contributed by atoms with Crippen molar-refractivity contribution in [1.29, 1.82) is 5.26 Å². The largest absolute Gasteiger partial charge is 0.305 e. The summed E-state index contributed by atoms with van der Waals surface area (Å²) in [4.78, 5) is 12.0. The molecule has 0 spiro atoms. The minimum Gasteiger partial charge on any atom is -0.305 e. The van der Waals surface area contributed by atoms with Crippen LogP contribution in [0.15, 0.2) is 109 Å². The molecule has 1 radical (unpaired) electrons. The van der Waals surface area contributed by atoms with E-state index in [0.29, 0.717) is 16.8 Å². The van der Waals surface area contributed by atoms with Gasteiger partial charge in [-0.2, -0.15) is 0 Å². The third-order valence-electron chi connectivity index (χ3n) is 4.96. The van der Waals surface area contributed by atoms with Gasteiger partial charge in [-0.15, -0.1) is 59.7 Å². The Bertz CT molecular complexity index is 1420. The van der Waals surface area contributed by atoms with E-state index >= 15 is 0 Å². The molecule has 169 valence electrons. The van der Waals surface area contributed by atoms with E-state index in [2.05, 4.69) is 26.9 Å². The molecule has 2 heterocycles. The Hall–Kier alpha value is -4.41. The van der Waals surface area contributed by atoms with E-state index in [1.165, 1.54) is 0 Å². The third-order valence-corrected chi connectivity index (χ3v) is 4.96. The molecule has 0 N–H and O–H groups in total. The van der Waals surface area contributed by atoms with E-state index < -0.39 is 0 Å². The molecule has 0 unspecified atom stereocenters. The normalized spacial score (nSPS) is 9.43. The van der Waals surface area contributed by atoms with E-state index in [1.54, 1.807) is 24.5 Å². The van der Waals surface area contributed by atoms with Crippen LogP contribution in [0, 0.1) is 30.0 Å². The molecule has 5 heteroatoms. The van der Waals surface area contributed by atoms with Gasteiger partial charge in [-0.25, -0.2) is 5.26 Å². The van der Waals surface area contributed by atoms with Gasteiger partial charge in [-0.05, 0) is 40.2 Å². The maximum atomic E-state index is 8.97. The molecule has 0 saturated heterocycles. The maximum Gasteiger partial charge on any atom is 0.125 e. The second-order valence-corrected chi connectivity index (χ2v) is 7.16. The van der Waals surface area contributed by atoms with Crippen LogP contribution in [0.3, 0.4) is 0 Å². The number of benzene rings is 3. The molecule has 0 amide bonds. The first kappa shape index (κ1) is 25.2. The molecule has 0 bridgehead atoms. The van der Waals surface area contributed by atoms with E-state index in [9.17, 15) is 0 Å². The molecule has 0 atom stereocenters. The van der Waals surface area contributed by atoms with Crippen molar-refractivity contribution in [1.82, 2.24) is 9.97 Å². The Labute approximate surface area is 218 Å². The minimum absolute atomic E-state index is 0. The second-order valence-electron chi connectivity index (χ2n) is 7.16. The predicted octanol–water partition coefficient (Wildman–Crippen LogP) is 7.18. The fourth-order valence-electron chi connectivity index (χ4n) is 3.27. The summed E-state index contributed by atoms with van der Waals surface area (Å²) < 4.78 is 0. The predicted molar refractivity (Wildman–Crippen MR) is 133 cm³/mol. The fourth-order valence-corrected chi connectivity index (χ4v) is 3.27. The number of hydrogen-bond acceptors (Lipinski definition) is 3. The number of aromatic nitrogens is 2. The molecule has 0 fully saturated rings. The van der Waals surface area contributed by atoms with Crippen molar-refractivity contribution in [3.8, 4) is 39.7 Å². The van der Waals surface area contributed by atoms with Crippen LogP contribution in [0.1, 0.15) is 5.56 Å². The van der Waals surface area contributed by atoms with E-state index in [0.717, 1.165) is 28.1 Å². The zero-order chi connectivity index (χ0) is 23.6. The Morgan fingerprint density at radius 2 is 1.51 bits per heavy atom. The van der Waals surface area contributed by atoms with Gasteiger partial charge in [0.2, 0.25) is 0 Å². The topological polar surface area (TPSA) is 53.9 Å². The van der Waals surface area contributed by atoms with Crippen molar-refractivity contribution in [3.05, 3.63) is 139 Å². The van der Waals surface area contributed by atoms with Crippen LogP contribution in [0.2, 0.25) is 0 Å². The van der Waals surface area contributed by atoms with Crippen molar-refractivity contribution in [2.75, 3.05) is 0 Å². The molecule has 5 rings (SSSR count). The summed E-state index contributed by atoms with van der Waals surface area (Å²) in [5.41, 5.74) is 6.26. The molecule has 2 aromatic heterocycles. The number of nitriles is 1. The monoisotopic (exact) mass is 627 g/mol. The number of pyridine rings is 2. The van der Waals surface area contributed by atoms with Crippen LogP contribution in [0.25, 0.3) is 38.5 Å². The summed E-state index contributed by atoms with van der Waals surface area (Å²) in [6, 6.07) is 39.0. The number of nitrogens with zero attached hydrogens (tertiary/aromatic N) is 4. The van der Waals surface area contributed by atoms with Crippen LogP contribution in [-0.4, -0.2) is 9.97 Å². The number of rotatable bonds is 3. The number of hydrogen-bond donors (Lipinski definition) is 0. The summed E-state index contributed by atoms with van der Waals surface area (Å²) in [6.07, 6.45) is 3.53. The van der Waals surface area contributed by atoms with Crippen molar-refractivity contribution in [2.45, 2.75) is 0 Å². The molecule has 0 aliphatic heterocycles. The van der Waals surface area contributed by atoms with Crippen LogP contribution >= 0.6 is 0 Å². The van der Waals surface area contributed by atoms with Gasteiger partial charge in [0.1, 0.15) is 5.69 Å². The molecule has 0 aliphatic rings. The van der Waals surface area contributed by atoms with E-state index in [4.69, 9.17) is 11.8 Å². The quantitative estimate of drug-likeness (QED) is 0.199. The molecule has 4 nitrogen and oxygen atoms in total. The zero-order valence-corrected chi connectivity index (χ0v) is 20.9. The minimum atomic E-state index is 0. The maximum absolute atomic E-state index is 8.97. The summed E-state index contributed by atoms with van der Waals surface area (Å²) in [6.45, 7) is 7.16. The zero-order valence-electron chi connectivity index (χ0n) is 18.5. The van der Waals surface area contributed by atoms with Gasteiger partial charge in [0.05, 0.1) is 6.57 Å². The molecule has 35 heavy (non-hydrogen) atoms. The van der Waals surface area contributed by atoms with Crippen LogP contribution < -0.4 is 0 Å². The standard InChI is InChI=1S/C19H10N3.C11H8N.Ir/c1-21-18-12-16(7-8-17(18)13-20)19-11-15(9-10-22-19)14-5-3-2-4-6-14;1-2-6-10(7-3-1)11-8-4-5-9-12-11;/h2-6,8-12H;1-6,8-9H;/q2*-1;. The SMILES string of the molecule is [C-]#[N+]c1cc(-c2cc(-c3ccccc3)ccn2)[c-]cc1C#N.[Ir].[c-]1ccccc1-c1ccccn1. The van der Waals surface area contributed by atoms with Crippen molar-refractivity contribution in [3.63, 3.8) is 0 Å². The average molecular weight is 627 g/mol. The van der Waals surface area contributed by atoms with Gasteiger partial charge in [0.25, 0.3) is 0 Å². The first-order valence-corrected chi connectivity index (χ1v) is 10.5. The van der Waals surface area contributed by atoms with Gasteiger partial charge < -0.3 is 9.97 Å². The average Bonchev–Trinajstić information content (AvgIpc) is 2.94. The van der Waals surface area contributed by atoms with Crippen molar-refractivity contribution in [2.24, 2.45) is 0 Å². The Balaban J connectivity index is 0.000000223. The molecule has 0 aliphatic carbocycles. The summed E-state index contributed by atoms with van der Waals surface area (Å²) in [7, 11) is 0. The molecule has 5 aromatic rings. The van der Waals surface area contributed by atoms with Gasteiger partial charge in [0.15, 0.2) is 0 Å². The molecular formula is C30H18IrN4-2. The third kappa shape index (κ3) is 6.56.